The molecule has 1 aromatic carbocycles. The molecule has 0 unspecified atom stereocenters. The Morgan fingerprint density at radius 1 is 1.29 bits per heavy atom. The van der Waals surface area contributed by atoms with Crippen molar-refractivity contribution in [2.45, 2.75) is 0 Å². The predicted octanol–water partition coefficient (Wildman–Crippen LogP) is 0.866. The molecule has 0 aliphatic rings. The molecule has 14 heavy (non-hydrogen) atoms. The second kappa shape index (κ2) is 3.69. The first-order chi connectivity index (χ1) is 6.84. The maximum atomic E-state index is 9.04. The van der Waals surface area contributed by atoms with Crippen LogP contribution in [0.4, 0.5) is 0 Å². The van der Waals surface area contributed by atoms with Gasteiger partial charge < -0.3 is 5.11 Å². The van der Waals surface area contributed by atoms with E-state index >= 15 is 0 Å². The topological polar surface area (TPSA) is 63.3 Å². The maximum Gasteiger partial charge on any atom is 0.139 e. The van der Waals surface area contributed by atoms with E-state index in [1.54, 1.807) is 30.5 Å². The first-order valence-electron chi connectivity index (χ1n) is 4.02. The molecule has 0 radical (unpaired) electrons. The fourth-order valence-electron chi connectivity index (χ4n) is 0.948. The van der Waals surface area contributed by atoms with E-state index in [0.717, 1.165) is 5.56 Å². The number of benzene rings is 1. The van der Waals surface area contributed by atoms with E-state index in [1.165, 1.54) is 17.4 Å². The van der Waals surface area contributed by atoms with Gasteiger partial charge in [0.25, 0.3) is 0 Å². The molecular formula is C9H8N4O. The van der Waals surface area contributed by atoms with E-state index in [2.05, 4.69) is 15.2 Å². The molecule has 0 saturated heterocycles. The normalized spacial score (nSPS) is 10.9. The van der Waals surface area contributed by atoms with Gasteiger partial charge in [-0.15, -0.1) is 9.89 Å². The van der Waals surface area contributed by atoms with Crippen molar-refractivity contribution in [3.05, 3.63) is 42.5 Å². The van der Waals surface area contributed by atoms with Crippen LogP contribution in [0, 0.1) is 0 Å². The third-order valence-corrected chi connectivity index (χ3v) is 1.62. The number of nitrogens with zero attached hydrogens (tertiary/aromatic N) is 4. The Bertz CT molecular complexity index is 419. The molecule has 0 saturated carbocycles. The lowest BCUT2D eigenvalue weighted by Gasteiger charge is -1.93. The van der Waals surface area contributed by atoms with Crippen molar-refractivity contribution in [3.63, 3.8) is 0 Å². The van der Waals surface area contributed by atoms with Crippen LogP contribution in [-0.4, -0.2) is 26.2 Å². The summed E-state index contributed by atoms with van der Waals surface area (Å²) in [6, 6.07) is 6.72. The number of aromatic hydroxyl groups is 1. The highest BCUT2D eigenvalue weighted by atomic mass is 16.3. The quantitative estimate of drug-likeness (QED) is 0.711. The van der Waals surface area contributed by atoms with Gasteiger partial charge in [0.15, 0.2) is 0 Å². The summed E-state index contributed by atoms with van der Waals surface area (Å²) in [6.45, 7) is 0. The zero-order valence-corrected chi connectivity index (χ0v) is 7.28. The van der Waals surface area contributed by atoms with Crippen molar-refractivity contribution in [3.8, 4) is 5.75 Å². The largest absolute Gasteiger partial charge is 0.508 e. The van der Waals surface area contributed by atoms with Crippen molar-refractivity contribution < 1.29 is 5.11 Å². The van der Waals surface area contributed by atoms with Gasteiger partial charge in [-0.3, -0.25) is 0 Å². The molecule has 1 N–H and O–H groups in total. The van der Waals surface area contributed by atoms with Crippen LogP contribution < -0.4 is 0 Å². The summed E-state index contributed by atoms with van der Waals surface area (Å²) in [5.41, 5.74) is 0.887. The first-order valence-corrected chi connectivity index (χ1v) is 4.02. The number of hydrogen-bond acceptors (Lipinski definition) is 4. The van der Waals surface area contributed by atoms with E-state index in [4.69, 9.17) is 5.11 Å². The average Bonchev–Trinajstić information content (AvgIpc) is 2.70. The number of aromatic nitrogens is 3. The molecule has 0 bridgehead atoms. The van der Waals surface area contributed by atoms with Crippen molar-refractivity contribution in [2.75, 3.05) is 0 Å². The second-order valence-corrected chi connectivity index (χ2v) is 2.65. The summed E-state index contributed by atoms with van der Waals surface area (Å²) in [4.78, 5) is 5.10. The molecule has 0 amide bonds. The molecule has 1 aromatic heterocycles. The molecule has 5 heteroatoms. The Hall–Kier alpha value is -2.17. The summed E-state index contributed by atoms with van der Waals surface area (Å²) in [6.07, 6.45) is 4.54. The summed E-state index contributed by atoms with van der Waals surface area (Å²) < 4.78 is 0. The molecular weight excluding hydrogens is 180 g/mol. The van der Waals surface area contributed by atoms with E-state index in [1.807, 2.05) is 0 Å². The van der Waals surface area contributed by atoms with Crippen molar-refractivity contribution in [1.29, 1.82) is 0 Å². The molecule has 0 atom stereocenters. The van der Waals surface area contributed by atoms with Crippen LogP contribution in [0.2, 0.25) is 0 Å². The number of phenolic OH excluding ortho intramolecular Hbond substituents is 1. The van der Waals surface area contributed by atoms with Crippen LogP contribution in [-0.2, 0) is 0 Å². The van der Waals surface area contributed by atoms with Gasteiger partial charge in [-0.05, 0) is 29.8 Å². The van der Waals surface area contributed by atoms with Gasteiger partial charge in [0, 0.05) is 0 Å². The zero-order valence-electron chi connectivity index (χ0n) is 7.28. The molecule has 0 aliphatic heterocycles. The first kappa shape index (κ1) is 8.43. The van der Waals surface area contributed by atoms with E-state index in [-0.39, 0.29) is 5.75 Å². The summed E-state index contributed by atoms with van der Waals surface area (Å²) >= 11 is 0. The average molecular weight is 188 g/mol. The molecule has 0 spiro atoms. The van der Waals surface area contributed by atoms with Gasteiger partial charge in [-0.25, -0.2) is 4.98 Å². The highest BCUT2D eigenvalue weighted by Gasteiger charge is 1.89. The van der Waals surface area contributed by atoms with E-state index < -0.39 is 0 Å². The van der Waals surface area contributed by atoms with Gasteiger partial charge in [-0.2, -0.15) is 5.10 Å². The third kappa shape index (κ3) is 1.95. The zero-order chi connectivity index (χ0) is 9.80. The molecule has 0 aliphatic carbocycles. The standard InChI is InChI=1S/C9H8N4O/c14-9-3-1-8(2-4-9)5-11-13-7-10-6-12-13/h1-7,14H/b11-5+. The Kier molecular flexibility index (Phi) is 2.22. The van der Waals surface area contributed by atoms with Crippen LogP contribution >= 0.6 is 0 Å². The number of hydrogen-bond donors (Lipinski definition) is 1. The molecule has 0 fully saturated rings. The third-order valence-electron chi connectivity index (χ3n) is 1.62. The van der Waals surface area contributed by atoms with Gasteiger partial charge in [0.05, 0.1) is 6.21 Å². The number of phenols is 1. The van der Waals surface area contributed by atoms with Gasteiger partial charge in [0.2, 0.25) is 0 Å². The Morgan fingerprint density at radius 2 is 2.07 bits per heavy atom. The van der Waals surface area contributed by atoms with Gasteiger partial charge in [0.1, 0.15) is 18.4 Å². The highest BCUT2D eigenvalue weighted by molar-refractivity contribution is 5.79. The molecule has 5 nitrogen and oxygen atoms in total. The Labute approximate surface area is 80.3 Å². The fraction of sp³-hybridized carbons (Fsp3) is 0. The van der Waals surface area contributed by atoms with E-state index in [9.17, 15) is 0 Å². The van der Waals surface area contributed by atoms with Crippen LogP contribution in [0.1, 0.15) is 5.56 Å². The molecule has 2 rings (SSSR count). The molecule has 1 heterocycles. The van der Waals surface area contributed by atoms with Crippen molar-refractivity contribution in [2.24, 2.45) is 5.10 Å². The van der Waals surface area contributed by atoms with Crippen LogP contribution in [0.3, 0.4) is 0 Å². The maximum absolute atomic E-state index is 9.04. The molecule has 70 valence electrons. The smallest absolute Gasteiger partial charge is 0.139 e. The minimum atomic E-state index is 0.239. The lowest BCUT2D eigenvalue weighted by Crippen LogP contribution is -1.90. The van der Waals surface area contributed by atoms with Gasteiger partial charge in [-0.1, -0.05) is 0 Å². The SMILES string of the molecule is Oc1ccc(/C=N/n2cncn2)cc1. The minimum absolute atomic E-state index is 0.239. The van der Waals surface area contributed by atoms with Crippen LogP contribution in [0.25, 0.3) is 0 Å². The summed E-state index contributed by atoms with van der Waals surface area (Å²) in [5.74, 6) is 0.239. The summed E-state index contributed by atoms with van der Waals surface area (Å²) in [5, 5.41) is 16.8. The monoisotopic (exact) mass is 188 g/mol. The Balaban J connectivity index is 2.15. The lowest BCUT2D eigenvalue weighted by molar-refractivity contribution is 0.475. The van der Waals surface area contributed by atoms with Crippen molar-refractivity contribution >= 4 is 6.21 Å². The fourth-order valence-corrected chi connectivity index (χ4v) is 0.948. The van der Waals surface area contributed by atoms with Crippen LogP contribution in [0.5, 0.6) is 5.75 Å². The van der Waals surface area contributed by atoms with Crippen molar-refractivity contribution in [1.82, 2.24) is 14.9 Å². The minimum Gasteiger partial charge on any atom is -0.508 e. The molecule has 2 aromatic rings. The van der Waals surface area contributed by atoms with Crippen LogP contribution in [0.15, 0.2) is 42.0 Å². The van der Waals surface area contributed by atoms with Gasteiger partial charge >= 0.3 is 0 Å². The highest BCUT2D eigenvalue weighted by Crippen LogP contribution is 2.07. The predicted molar refractivity (Wildman–Crippen MR) is 51.1 cm³/mol. The second-order valence-electron chi connectivity index (χ2n) is 2.65. The lowest BCUT2D eigenvalue weighted by atomic mass is 10.2. The summed E-state index contributed by atoms with van der Waals surface area (Å²) in [7, 11) is 0. The van der Waals surface area contributed by atoms with E-state index in [0.29, 0.717) is 0 Å². The number of rotatable bonds is 2. The Morgan fingerprint density at radius 3 is 2.71 bits per heavy atom.